The van der Waals surface area contributed by atoms with E-state index in [-0.39, 0.29) is 24.9 Å². The molecule has 2 aromatic carbocycles. The molecule has 1 amide bonds. The van der Waals surface area contributed by atoms with Crippen molar-refractivity contribution >= 4 is 51.3 Å². The summed E-state index contributed by atoms with van der Waals surface area (Å²) in [4.78, 5) is 45.6. The summed E-state index contributed by atoms with van der Waals surface area (Å²) in [5.74, 6) is -2.92. The minimum atomic E-state index is -4.84. The van der Waals surface area contributed by atoms with Crippen LogP contribution in [0.4, 0.5) is 23.7 Å². The predicted octanol–water partition coefficient (Wildman–Crippen LogP) is 3.42. The van der Waals surface area contributed by atoms with Gasteiger partial charge in [-0.3, -0.25) is 14.3 Å². The van der Waals surface area contributed by atoms with Crippen molar-refractivity contribution in [2.24, 2.45) is 5.92 Å². The molecule has 3 atom stereocenters. The zero-order valence-corrected chi connectivity index (χ0v) is 21.4. The van der Waals surface area contributed by atoms with Crippen LogP contribution >= 0.6 is 11.6 Å². The van der Waals surface area contributed by atoms with Gasteiger partial charge in [-0.2, -0.15) is 13.2 Å². The molecule has 2 aromatic heterocycles. The van der Waals surface area contributed by atoms with Gasteiger partial charge in [0.15, 0.2) is 0 Å². The normalized spacial score (nSPS) is 18.8. The Labute approximate surface area is 228 Å². The van der Waals surface area contributed by atoms with E-state index in [0.717, 1.165) is 11.0 Å². The highest BCUT2D eigenvalue weighted by Crippen LogP contribution is 2.39. The van der Waals surface area contributed by atoms with E-state index in [2.05, 4.69) is 9.97 Å². The van der Waals surface area contributed by atoms with Crippen LogP contribution in [0.2, 0.25) is 5.02 Å². The van der Waals surface area contributed by atoms with Crippen molar-refractivity contribution in [1.82, 2.24) is 19.4 Å². The summed E-state index contributed by atoms with van der Waals surface area (Å²) in [6.07, 6.45) is -5.38. The molecule has 0 saturated carbocycles. The van der Waals surface area contributed by atoms with Gasteiger partial charge in [-0.05, 0) is 43.0 Å². The number of aromatic nitrogens is 3. The minimum absolute atomic E-state index is 0.0840. The molecule has 40 heavy (non-hydrogen) atoms. The summed E-state index contributed by atoms with van der Waals surface area (Å²) in [6, 6.07) is 7.15. The number of benzene rings is 2. The Bertz CT molecular complexity index is 1700. The van der Waals surface area contributed by atoms with Gasteiger partial charge in [0.2, 0.25) is 0 Å². The molecule has 10 nitrogen and oxygen atoms in total. The molecule has 0 aliphatic carbocycles. The molecule has 14 heteroatoms. The van der Waals surface area contributed by atoms with Crippen molar-refractivity contribution in [3.05, 3.63) is 69.2 Å². The average molecular weight is 577 g/mol. The van der Waals surface area contributed by atoms with Crippen molar-refractivity contribution in [3.63, 3.8) is 0 Å². The van der Waals surface area contributed by atoms with Crippen LogP contribution in [0, 0.1) is 5.92 Å². The molecule has 4 N–H and O–H groups in total. The molecule has 2 unspecified atom stereocenters. The molecule has 1 fully saturated rings. The number of para-hydroxylation sites is 1. The molecule has 0 bridgehead atoms. The maximum absolute atomic E-state index is 13.5. The predicted molar refractivity (Wildman–Crippen MR) is 138 cm³/mol. The van der Waals surface area contributed by atoms with Crippen LogP contribution in [0.15, 0.2) is 47.4 Å². The molecule has 3 heterocycles. The number of nitrogens with zero attached hydrogens (tertiary/aromatic N) is 3. The number of carboxylic acids is 1. The molecule has 5 rings (SSSR count). The molecule has 0 radical (unpaired) electrons. The lowest BCUT2D eigenvalue weighted by Gasteiger charge is -2.43. The number of imidazole rings is 1. The van der Waals surface area contributed by atoms with E-state index in [4.69, 9.17) is 17.3 Å². The second-order valence-corrected chi connectivity index (χ2v) is 10.1. The van der Waals surface area contributed by atoms with E-state index in [0.29, 0.717) is 28.0 Å². The number of aliphatic carboxylic acids is 1. The third kappa shape index (κ3) is 4.81. The first-order valence-corrected chi connectivity index (χ1v) is 12.6. The van der Waals surface area contributed by atoms with E-state index in [1.165, 1.54) is 10.8 Å². The SMILES string of the molecule is Nc1c(Cl)cc(CC(C(=O)O)[C@H]2CC(n3c(=O)[nH]c4c5ccccc5ncc43)CCN2C(=O)[O-])cc1C(F)(F)F. The number of H-pyrrole nitrogens is 1. The lowest BCUT2D eigenvalue weighted by atomic mass is 9.83. The highest BCUT2D eigenvalue weighted by molar-refractivity contribution is 6.33. The Balaban J connectivity index is 1.54. The number of rotatable bonds is 5. The van der Waals surface area contributed by atoms with Gasteiger partial charge in [0.05, 0.1) is 44.9 Å². The van der Waals surface area contributed by atoms with Crippen LogP contribution in [-0.4, -0.2) is 49.2 Å². The monoisotopic (exact) mass is 576 g/mol. The van der Waals surface area contributed by atoms with Gasteiger partial charge in [-0.1, -0.05) is 29.8 Å². The first kappa shape index (κ1) is 27.3. The van der Waals surface area contributed by atoms with E-state index < -0.39 is 64.6 Å². The lowest BCUT2D eigenvalue weighted by molar-refractivity contribution is -0.270. The highest BCUT2D eigenvalue weighted by Gasteiger charge is 2.40. The Kier molecular flexibility index (Phi) is 6.86. The molecule has 1 saturated heterocycles. The van der Waals surface area contributed by atoms with Gasteiger partial charge in [0.25, 0.3) is 0 Å². The number of nitrogens with one attached hydrogen (secondary N) is 1. The molecule has 1 aliphatic rings. The van der Waals surface area contributed by atoms with Gasteiger partial charge in [0.1, 0.15) is 6.09 Å². The van der Waals surface area contributed by atoms with Crippen LogP contribution in [0.5, 0.6) is 0 Å². The van der Waals surface area contributed by atoms with E-state index in [1.54, 1.807) is 24.3 Å². The van der Waals surface area contributed by atoms with E-state index >= 15 is 0 Å². The van der Waals surface area contributed by atoms with Crippen molar-refractivity contribution in [3.8, 4) is 0 Å². The quantitative estimate of drug-likeness (QED) is 0.307. The molecule has 0 spiro atoms. The zero-order chi connectivity index (χ0) is 28.9. The number of nitrogen functional groups attached to an aromatic ring is 1. The van der Waals surface area contributed by atoms with Crippen molar-refractivity contribution in [2.45, 2.75) is 37.5 Å². The average Bonchev–Trinajstić information content (AvgIpc) is 3.24. The summed E-state index contributed by atoms with van der Waals surface area (Å²) in [5.41, 5.74) is 4.66. The number of pyridine rings is 1. The molecule has 210 valence electrons. The van der Waals surface area contributed by atoms with Crippen LogP contribution in [0.1, 0.15) is 30.0 Å². The number of hydrogen-bond donors (Lipinski definition) is 3. The molecular weight excluding hydrogens is 555 g/mol. The van der Waals surface area contributed by atoms with Gasteiger partial charge in [-0.25, -0.2) is 4.79 Å². The third-order valence-electron chi connectivity index (χ3n) is 7.41. The Hall–Kier alpha value is -4.26. The standard InChI is InChI=1S/C26H23ClF3N5O5/c27-17-9-12(8-16(21(17)31)26(28,29)30)7-15(23(36)37)19-10-13(5-6-34(19)25(39)40)35-20-11-32-18-4-2-1-3-14(18)22(20)33-24(35)38/h1-4,8-9,11,13,15,19H,5-7,10,31H2,(H,33,38)(H,36,37)(H,39,40)/p-1/t13?,15?,19-/m1/s1. The number of alkyl halides is 3. The topological polar surface area (TPSA) is 157 Å². The minimum Gasteiger partial charge on any atom is -0.530 e. The number of carboxylic acid groups (broad SMARTS) is 2. The number of fused-ring (bicyclic) bond motifs is 3. The maximum Gasteiger partial charge on any atom is 0.418 e. The Morgan fingerprint density at radius 3 is 2.67 bits per heavy atom. The van der Waals surface area contributed by atoms with Crippen molar-refractivity contribution in [1.29, 1.82) is 0 Å². The summed E-state index contributed by atoms with van der Waals surface area (Å²) in [7, 11) is 0. The van der Waals surface area contributed by atoms with Gasteiger partial charge >= 0.3 is 17.8 Å². The van der Waals surface area contributed by atoms with Gasteiger partial charge in [-0.15, -0.1) is 0 Å². The Morgan fingerprint density at radius 1 is 1.27 bits per heavy atom. The van der Waals surface area contributed by atoms with Crippen molar-refractivity contribution in [2.75, 3.05) is 12.3 Å². The van der Waals surface area contributed by atoms with Gasteiger partial charge in [0, 0.05) is 24.0 Å². The number of likely N-dealkylation sites (tertiary alicyclic amines) is 1. The summed E-state index contributed by atoms with van der Waals surface area (Å²) in [6.45, 7) is -0.155. The number of hydrogen-bond acceptors (Lipinski definition) is 6. The second-order valence-electron chi connectivity index (χ2n) is 9.73. The first-order chi connectivity index (χ1) is 18.9. The fourth-order valence-corrected chi connectivity index (χ4v) is 5.81. The fourth-order valence-electron chi connectivity index (χ4n) is 5.57. The largest absolute Gasteiger partial charge is 0.530 e. The number of piperidine rings is 1. The zero-order valence-electron chi connectivity index (χ0n) is 20.6. The molecule has 4 aromatic rings. The number of anilines is 1. The number of carbonyl (C=O) groups is 2. The maximum atomic E-state index is 13.5. The number of nitrogens with two attached hydrogens (primary N) is 1. The first-order valence-electron chi connectivity index (χ1n) is 12.2. The number of amides is 1. The third-order valence-corrected chi connectivity index (χ3v) is 7.73. The van der Waals surface area contributed by atoms with E-state index in [9.17, 15) is 37.8 Å². The van der Waals surface area contributed by atoms with Crippen LogP contribution < -0.4 is 16.5 Å². The molecule has 1 aliphatic heterocycles. The van der Waals surface area contributed by atoms with E-state index in [1.807, 2.05) is 0 Å². The summed E-state index contributed by atoms with van der Waals surface area (Å²) < 4.78 is 42.0. The Morgan fingerprint density at radius 2 is 2.00 bits per heavy atom. The fraction of sp³-hybridized carbons (Fsp3) is 0.308. The second kappa shape index (κ2) is 10.0. The summed E-state index contributed by atoms with van der Waals surface area (Å²) in [5, 5.41) is 22.4. The van der Waals surface area contributed by atoms with Gasteiger partial charge < -0.3 is 30.6 Å². The summed E-state index contributed by atoms with van der Waals surface area (Å²) >= 11 is 5.92. The van der Waals surface area contributed by atoms with Crippen LogP contribution in [0.25, 0.3) is 21.9 Å². The smallest absolute Gasteiger partial charge is 0.418 e. The van der Waals surface area contributed by atoms with Crippen LogP contribution in [-0.2, 0) is 17.4 Å². The highest BCUT2D eigenvalue weighted by atomic mass is 35.5. The van der Waals surface area contributed by atoms with Crippen LogP contribution in [0.3, 0.4) is 0 Å². The van der Waals surface area contributed by atoms with Crippen molar-refractivity contribution < 1.29 is 33.0 Å². The lowest BCUT2D eigenvalue weighted by Crippen LogP contribution is -2.56. The number of aromatic amines is 1. The number of carbonyl (C=O) groups excluding carboxylic acids is 1. The molecular formula is C26H22ClF3N5O5-. The number of halogens is 4.